The molecule has 0 bridgehead atoms. The molecule has 140 valence electrons. The monoisotopic (exact) mass is 371 g/mol. The summed E-state index contributed by atoms with van der Waals surface area (Å²) < 4.78 is 0. The van der Waals surface area contributed by atoms with Gasteiger partial charge in [-0.3, -0.25) is 4.79 Å². The van der Waals surface area contributed by atoms with Crippen molar-refractivity contribution < 1.29 is 4.79 Å². The fourth-order valence-corrected chi connectivity index (χ4v) is 5.65. The van der Waals surface area contributed by atoms with E-state index in [-0.39, 0.29) is 18.0 Å². The van der Waals surface area contributed by atoms with E-state index in [2.05, 4.69) is 19.9 Å². The van der Waals surface area contributed by atoms with Crippen LogP contribution in [0, 0.1) is 0 Å². The van der Waals surface area contributed by atoms with Crippen LogP contribution in [0.1, 0.15) is 79.7 Å². The first kappa shape index (κ1) is 17.8. The van der Waals surface area contributed by atoms with Crippen LogP contribution in [0.15, 0.2) is 6.07 Å². The summed E-state index contributed by atoms with van der Waals surface area (Å²) in [5.74, 6) is 0.0950. The summed E-state index contributed by atoms with van der Waals surface area (Å²) in [5, 5.41) is 0.981. The third-order valence-electron chi connectivity index (χ3n) is 6.12. The molecule has 1 amide bonds. The number of thiophene rings is 1. The maximum Gasteiger partial charge on any atom is 0.266 e. The molecule has 0 saturated carbocycles. The van der Waals surface area contributed by atoms with Crippen molar-refractivity contribution in [3.63, 3.8) is 0 Å². The first-order valence-corrected chi connectivity index (χ1v) is 10.9. The van der Waals surface area contributed by atoms with Gasteiger partial charge in [0, 0.05) is 23.2 Å². The second-order valence-corrected chi connectivity index (χ2v) is 9.05. The summed E-state index contributed by atoms with van der Waals surface area (Å²) in [5.41, 5.74) is 9.65. The van der Waals surface area contributed by atoms with Crippen LogP contribution in [0.2, 0.25) is 0 Å². The highest BCUT2D eigenvalue weighted by atomic mass is 32.1. The Bertz CT molecular complexity index is 818. The van der Waals surface area contributed by atoms with Crippen molar-refractivity contribution in [1.82, 2.24) is 9.88 Å². The Morgan fingerprint density at radius 1 is 1.12 bits per heavy atom. The molecule has 0 aromatic carbocycles. The van der Waals surface area contributed by atoms with Gasteiger partial charge in [0.05, 0.1) is 5.69 Å². The van der Waals surface area contributed by atoms with Crippen LogP contribution >= 0.6 is 11.3 Å². The molecule has 1 aliphatic carbocycles. The SMILES string of the molecule is C[C@@H]1CCC[C@@H](C)N1C(=O)c1sc2nc3c(cc2c1N)CCCCCC3. The van der Waals surface area contributed by atoms with Gasteiger partial charge in [-0.25, -0.2) is 4.98 Å². The van der Waals surface area contributed by atoms with Crippen LogP contribution in [-0.2, 0) is 12.8 Å². The number of rotatable bonds is 1. The lowest BCUT2D eigenvalue weighted by Gasteiger charge is -2.38. The van der Waals surface area contributed by atoms with Crippen molar-refractivity contribution in [3.05, 3.63) is 22.2 Å². The van der Waals surface area contributed by atoms with Gasteiger partial charge in [0.1, 0.15) is 9.71 Å². The minimum atomic E-state index is 0.0950. The van der Waals surface area contributed by atoms with Crippen LogP contribution in [0.3, 0.4) is 0 Å². The number of piperidine rings is 1. The van der Waals surface area contributed by atoms with Crippen molar-refractivity contribution in [1.29, 1.82) is 0 Å². The highest BCUT2D eigenvalue weighted by Crippen LogP contribution is 2.37. The number of aryl methyl sites for hydroxylation is 2. The molecule has 4 nitrogen and oxygen atoms in total. The standard InChI is InChI=1S/C21H29N3OS/c1-13-8-7-9-14(2)24(13)21(25)19-18(22)16-12-15-10-5-3-4-6-11-17(15)23-20(16)26-19/h12-14H,3-11,22H2,1-2H3/t13-,14-/m1/s1. The maximum atomic E-state index is 13.3. The van der Waals surface area contributed by atoms with E-state index in [1.165, 1.54) is 54.7 Å². The Kier molecular flexibility index (Phi) is 4.91. The van der Waals surface area contributed by atoms with Crippen LogP contribution in [0.25, 0.3) is 10.2 Å². The molecule has 0 spiro atoms. The Balaban J connectivity index is 1.74. The molecule has 2 aromatic rings. The van der Waals surface area contributed by atoms with E-state index >= 15 is 0 Å². The number of hydrogen-bond acceptors (Lipinski definition) is 4. The molecular weight excluding hydrogens is 342 g/mol. The first-order chi connectivity index (χ1) is 12.6. The number of carbonyl (C=O) groups is 1. The van der Waals surface area contributed by atoms with Gasteiger partial charge < -0.3 is 10.6 Å². The van der Waals surface area contributed by atoms with Gasteiger partial charge in [-0.15, -0.1) is 11.3 Å². The number of hydrogen-bond donors (Lipinski definition) is 1. The summed E-state index contributed by atoms with van der Waals surface area (Å²) in [7, 11) is 0. The van der Waals surface area contributed by atoms with Crippen molar-refractivity contribution in [2.75, 3.05) is 5.73 Å². The number of aromatic nitrogens is 1. The maximum absolute atomic E-state index is 13.3. The lowest BCUT2D eigenvalue weighted by Crippen LogP contribution is -2.47. The lowest BCUT2D eigenvalue weighted by atomic mass is 9.96. The van der Waals surface area contributed by atoms with Crippen LogP contribution in [-0.4, -0.2) is 27.9 Å². The number of amides is 1. The molecule has 2 aliphatic rings. The second kappa shape index (κ2) is 7.18. The molecule has 3 heterocycles. The van der Waals surface area contributed by atoms with E-state index in [0.717, 1.165) is 35.9 Å². The largest absolute Gasteiger partial charge is 0.397 e. The highest BCUT2D eigenvalue weighted by Gasteiger charge is 2.32. The molecule has 0 radical (unpaired) electrons. The topological polar surface area (TPSA) is 59.2 Å². The zero-order valence-corrected chi connectivity index (χ0v) is 16.7. The lowest BCUT2D eigenvalue weighted by molar-refractivity contribution is 0.0517. The molecular formula is C21H29N3OS. The number of likely N-dealkylation sites (tertiary alicyclic amines) is 1. The second-order valence-electron chi connectivity index (χ2n) is 8.05. The van der Waals surface area contributed by atoms with E-state index < -0.39 is 0 Å². The normalized spacial score (nSPS) is 24.2. The van der Waals surface area contributed by atoms with Gasteiger partial charge in [-0.1, -0.05) is 12.8 Å². The number of pyridine rings is 1. The summed E-state index contributed by atoms with van der Waals surface area (Å²) in [6, 6.07) is 2.78. The average Bonchev–Trinajstić information content (AvgIpc) is 2.90. The highest BCUT2D eigenvalue weighted by molar-refractivity contribution is 7.21. The third-order valence-corrected chi connectivity index (χ3v) is 7.22. The number of nitrogens with zero attached hydrogens (tertiary/aromatic N) is 2. The Morgan fingerprint density at radius 2 is 1.81 bits per heavy atom. The van der Waals surface area contributed by atoms with Crippen molar-refractivity contribution in [3.8, 4) is 0 Å². The molecule has 4 rings (SSSR count). The van der Waals surface area contributed by atoms with Gasteiger partial charge in [0.15, 0.2) is 0 Å². The number of fused-ring (bicyclic) bond motifs is 2. The van der Waals surface area contributed by atoms with Crippen molar-refractivity contribution in [2.24, 2.45) is 0 Å². The molecule has 26 heavy (non-hydrogen) atoms. The number of carbonyl (C=O) groups excluding carboxylic acids is 1. The molecule has 5 heteroatoms. The van der Waals surface area contributed by atoms with E-state index in [1.54, 1.807) is 0 Å². The van der Waals surface area contributed by atoms with Crippen LogP contribution in [0.5, 0.6) is 0 Å². The summed E-state index contributed by atoms with van der Waals surface area (Å²) in [6.07, 6.45) is 10.5. The van der Waals surface area contributed by atoms with E-state index in [9.17, 15) is 4.79 Å². The Hall–Kier alpha value is -1.62. The van der Waals surface area contributed by atoms with Gasteiger partial charge >= 0.3 is 0 Å². The zero-order valence-electron chi connectivity index (χ0n) is 15.9. The van der Waals surface area contributed by atoms with E-state index in [1.807, 2.05) is 4.90 Å². The predicted octanol–water partition coefficient (Wildman–Crippen LogP) is 4.94. The quantitative estimate of drug-likeness (QED) is 0.772. The fraction of sp³-hybridized carbons (Fsp3) is 0.619. The Morgan fingerprint density at radius 3 is 2.54 bits per heavy atom. The van der Waals surface area contributed by atoms with Crippen molar-refractivity contribution >= 4 is 33.1 Å². The fourth-order valence-electron chi connectivity index (χ4n) is 4.61. The van der Waals surface area contributed by atoms with Crippen LogP contribution in [0.4, 0.5) is 5.69 Å². The molecule has 2 aromatic heterocycles. The van der Waals surface area contributed by atoms with Crippen LogP contribution < -0.4 is 5.73 Å². The van der Waals surface area contributed by atoms with Gasteiger partial charge in [-0.2, -0.15) is 0 Å². The smallest absolute Gasteiger partial charge is 0.266 e. The predicted molar refractivity (Wildman–Crippen MR) is 109 cm³/mol. The molecule has 2 N–H and O–H groups in total. The minimum Gasteiger partial charge on any atom is -0.397 e. The number of nitrogen functional groups attached to an aromatic ring is 1. The number of nitrogens with two attached hydrogens (primary N) is 1. The first-order valence-electron chi connectivity index (χ1n) is 10.1. The molecule has 0 unspecified atom stereocenters. The summed E-state index contributed by atoms with van der Waals surface area (Å²) in [6.45, 7) is 4.31. The average molecular weight is 372 g/mol. The summed E-state index contributed by atoms with van der Waals surface area (Å²) >= 11 is 1.49. The molecule has 1 aliphatic heterocycles. The third kappa shape index (κ3) is 3.11. The van der Waals surface area contributed by atoms with Gasteiger partial charge in [0.2, 0.25) is 0 Å². The van der Waals surface area contributed by atoms with Gasteiger partial charge in [-0.05, 0) is 70.4 Å². The van der Waals surface area contributed by atoms with E-state index in [4.69, 9.17) is 10.7 Å². The van der Waals surface area contributed by atoms with Crippen molar-refractivity contribution in [2.45, 2.75) is 83.7 Å². The molecule has 2 atom stereocenters. The molecule has 1 saturated heterocycles. The van der Waals surface area contributed by atoms with E-state index in [0.29, 0.717) is 10.6 Å². The summed E-state index contributed by atoms with van der Waals surface area (Å²) in [4.78, 5) is 21.9. The molecule has 1 fully saturated rings. The van der Waals surface area contributed by atoms with Gasteiger partial charge in [0.25, 0.3) is 5.91 Å². The minimum absolute atomic E-state index is 0.0950. The number of anilines is 1. The zero-order chi connectivity index (χ0) is 18.3. The Labute approximate surface area is 159 Å².